The van der Waals surface area contributed by atoms with Crippen LogP contribution >= 0.6 is 43.5 Å². The molecule has 0 radical (unpaired) electrons. The highest BCUT2D eigenvalue weighted by atomic mass is 79.9. The number of halogens is 4. The van der Waals surface area contributed by atoms with E-state index in [0.29, 0.717) is 14.0 Å². The normalized spacial score (nSPS) is 10.0. The Balaban J connectivity index is 3.31. The van der Waals surface area contributed by atoms with Gasteiger partial charge in [-0.1, -0.05) is 11.6 Å². The zero-order valence-corrected chi connectivity index (χ0v) is 8.59. The lowest BCUT2D eigenvalue weighted by atomic mass is 10.3. The smallest absolute Gasteiger partial charge is 0.125 e. The molecule has 0 bridgehead atoms. The Kier molecular flexibility index (Phi) is 2.72. The maximum atomic E-state index is 12.5. The SMILES string of the molecule is Fc1cc(Cl)c(Br)c(Br)c1. The quantitative estimate of drug-likeness (QED) is 0.500. The lowest BCUT2D eigenvalue weighted by Crippen LogP contribution is -1.76. The summed E-state index contributed by atoms with van der Waals surface area (Å²) in [7, 11) is 0. The van der Waals surface area contributed by atoms with E-state index in [-0.39, 0.29) is 5.82 Å². The van der Waals surface area contributed by atoms with Crippen molar-refractivity contribution in [2.75, 3.05) is 0 Å². The van der Waals surface area contributed by atoms with Crippen LogP contribution in [0, 0.1) is 5.82 Å². The van der Waals surface area contributed by atoms with Gasteiger partial charge in [0.2, 0.25) is 0 Å². The van der Waals surface area contributed by atoms with Crippen molar-refractivity contribution in [3.63, 3.8) is 0 Å². The molecule has 1 aromatic carbocycles. The first-order chi connectivity index (χ1) is 4.61. The Labute approximate surface area is 79.6 Å². The summed E-state index contributed by atoms with van der Waals surface area (Å²) in [5.41, 5.74) is 0. The van der Waals surface area contributed by atoms with Gasteiger partial charge >= 0.3 is 0 Å². The fourth-order valence-electron chi connectivity index (χ4n) is 0.525. The molecule has 0 saturated carbocycles. The van der Waals surface area contributed by atoms with Crippen LogP contribution in [0.4, 0.5) is 4.39 Å². The zero-order valence-electron chi connectivity index (χ0n) is 4.67. The predicted molar refractivity (Wildman–Crippen MR) is 46.8 cm³/mol. The van der Waals surface area contributed by atoms with Crippen molar-refractivity contribution in [2.24, 2.45) is 0 Å². The third-order valence-electron chi connectivity index (χ3n) is 0.949. The minimum absolute atomic E-state index is 0.347. The molecule has 0 amide bonds. The summed E-state index contributed by atoms with van der Waals surface area (Å²) in [6, 6.07) is 2.59. The van der Waals surface area contributed by atoms with Gasteiger partial charge in [0.25, 0.3) is 0 Å². The highest BCUT2D eigenvalue weighted by Gasteiger charge is 2.03. The highest BCUT2D eigenvalue weighted by Crippen LogP contribution is 2.31. The van der Waals surface area contributed by atoms with Crippen molar-refractivity contribution in [1.82, 2.24) is 0 Å². The average Bonchev–Trinajstić information content (AvgIpc) is 1.82. The molecule has 1 rings (SSSR count). The van der Waals surface area contributed by atoms with Crippen LogP contribution in [0.15, 0.2) is 21.1 Å². The second-order valence-electron chi connectivity index (χ2n) is 1.68. The first kappa shape index (κ1) is 8.50. The fraction of sp³-hybridized carbons (Fsp3) is 0. The van der Waals surface area contributed by atoms with Gasteiger partial charge in [-0.2, -0.15) is 0 Å². The Morgan fingerprint density at radius 2 is 1.90 bits per heavy atom. The molecule has 4 heteroatoms. The van der Waals surface area contributed by atoms with Crippen LogP contribution in [0.25, 0.3) is 0 Å². The Morgan fingerprint density at radius 3 is 2.40 bits per heavy atom. The van der Waals surface area contributed by atoms with Crippen molar-refractivity contribution in [3.8, 4) is 0 Å². The lowest BCUT2D eigenvalue weighted by molar-refractivity contribution is 0.626. The molecule has 0 atom stereocenters. The van der Waals surface area contributed by atoms with Crippen LogP contribution in [-0.4, -0.2) is 0 Å². The summed E-state index contributed by atoms with van der Waals surface area (Å²) in [4.78, 5) is 0. The summed E-state index contributed by atoms with van der Waals surface area (Å²) >= 11 is 11.9. The van der Waals surface area contributed by atoms with Crippen LogP contribution in [0.1, 0.15) is 0 Å². The van der Waals surface area contributed by atoms with Crippen LogP contribution in [0.2, 0.25) is 5.02 Å². The van der Waals surface area contributed by atoms with Gasteiger partial charge in [-0.05, 0) is 44.0 Å². The van der Waals surface area contributed by atoms with E-state index in [0.717, 1.165) is 0 Å². The van der Waals surface area contributed by atoms with Crippen molar-refractivity contribution >= 4 is 43.5 Å². The molecule has 0 saturated heterocycles. The topological polar surface area (TPSA) is 0 Å². The van der Waals surface area contributed by atoms with Gasteiger partial charge in [-0.25, -0.2) is 4.39 Å². The fourth-order valence-corrected chi connectivity index (χ4v) is 1.51. The minimum Gasteiger partial charge on any atom is -0.207 e. The first-order valence-corrected chi connectivity index (χ1v) is 4.37. The van der Waals surface area contributed by atoms with E-state index >= 15 is 0 Å². The van der Waals surface area contributed by atoms with Crippen molar-refractivity contribution in [2.45, 2.75) is 0 Å². The average molecular weight is 288 g/mol. The molecule has 0 aliphatic heterocycles. The molecule has 0 unspecified atom stereocenters. The van der Waals surface area contributed by atoms with Gasteiger partial charge in [0.05, 0.1) is 9.50 Å². The van der Waals surface area contributed by atoms with Gasteiger partial charge in [-0.15, -0.1) is 0 Å². The van der Waals surface area contributed by atoms with Gasteiger partial charge < -0.3 is 0 Å². The lowest BCUT2D eigenvalue weighted by Gasteiger charge is -1.97. The van der Waals surface area contributed by atoms with Crippen molar-refractivity contribution in [1.29, 1.82) is 0 Å². The molecule has 10 heavy (non-hydrogen) atoms. The molecule has 0 fully saturated rings. The standard InChI is InChI=1S/C6H2Br2ClF/c7-4-1-3(10)2-5(9)6(4)8/h1-2H. The number of benzene rings is 1. The largest absolute Gasteiger partial charge is 0.207 e. The number of rotatable bonds is 0. The maximum Gasteiger partial charge on any atom is 0.125 e. The Bertz CT molecular complexity index is 239. The van der Waals surface area contributed by atoms with E-state index in [9.17, 15) is 4.39 Å². The van der Waals surface area contributed by atoms with E-state index < -0.39 is 0 Å². The van der Waals surface area contributed by atoms with Gasteiger partial charge in [0, 0.05) is 4.47 Å². The Hall–Kier alpha value is 0.400. The van der Waals surface area contributed by atoms with Crippen molar-refractivity contribution < 1.29 is 4.39 Å². The molecule has 0 aromatic heterocycles. The van der Waals surface area contributed by atoms with Gasteiger partial charge in [0.15, 0.2) is 0 Å². The summed E-state index contributed by atoms with van der Waals surface area (Å²) in [6.07, 6.45) is 0. The molecule has 1 aromatic rings. The van der Waals surface area contributed by atoms with Crippen molar-refractivity contribution in [3.05, 3.63) is 31.9 Å². The maximum absolute atomic E-state index is 12.5. The van der Waals surface area contributed by atoms with Gasteiger partial charge in [0.1, 0.15) is 5.82 Å². The van der Waals surface area contributed by atoms with E-state index in [1.54, 1.807) is 0 Å². The molecule has 0 aliphatic carbocycles. The van der Waals surface area contributed by atoms with Crippen LogP contribution in [-0.2, 0) is 0 Å². The van der Waals surface area contributed by atoms with Crippen LogP contribution < -0.4 is 0 Å². The predicted octanol–water partition coefficient (Wildman–Crippen LogP) is 4.00. The monoisotopic (exact) mass is 286 g/mol. The summed E-state index contributed by atoms with van der Waals surface area (Å²) in [5.74, 6) is -0.347. The third-order valence-corrected chi connectivity index (χ3v) is 3.49. The molecule has 0 spiro atoms. The Morgan fingerprint density at radius 1 is 1.30 bits per heavy atom. The summed E-state index contributed by atoms with van der Waals surface area (Å²) < 4.78 is 13.8. The second kappa shape index (κ2) is 3.20. The summed E-state index contributed by atoms with van der Waals surface area (Å²) in [5, 5.41) is 0.367. The number of hydrogen-bond acceptors (Lipinski definition) is 0. The molecule has 0 nitrogen and oxygen atoms in total. The van der Waals surface area contributed by atoms with E-state index in [2.05, 4.69) is 31.9 Å². The van der Waals surface area contributed by atoms with E-state index in [1.807, 2.05) is 0 Å². The molecule has 54 valence electrons. The minimum atomic E-state index is -0.347. The molecule has 0 aliphatic rings. The molecular formula is C6H2Br2ClF. The number of hydrogen-bond donors (Lipinski definition) is 0. The first-order valence-electron chi connectivity index (χ1n) is 2.41. The van der Waals surface area contributed by atoms with Crippen LogP contribution in [0.5, 0.6) is 0 Å². The third kappa shape index (κ3) is 1.71. The zero-order chi connectivity index (χ0) is 7.72. The molecular weight excluding hydrogens is 286 g/mol. The molecule has 0 heterocycles. The highest BCUT2D eigenvalue weighted by molar-refractivity contribution is 9.13. The van der Waals surface area contributed by atoms with Gasteiger partial charge in [-0.3, -0.25) is 0 Å². The van der Waals surface area contributed by atoms with E-state index in [1.165, 1.54) is 12.1 Å². The summed E-state index contributed by atoms with van der Waals surface area (Å²) in [6.45, 7) is 0. The van der Waals surface area contributed by atoms with Crippen LogP contribution in [0.3, 0.4) is 0 Å². The van der Waals surface area contributed by atoms with E-state index in [4.69, 9.17) is 11.6 Å². The second-order valence-corrected chi connectivity index (χ2v) is 3.74. The molecule has 0 N–H and O–H groups in total.